The molecule has 8 heteroatoms. The number of amides is 1. The molecule has 4 rings (SSSR count). The van der Waals surface area contributed by atoms with E-state index in [1.807, 2.05) is 0 Å². The van der Waals surface area contributed by atoms with Gasteiger partial charge in [-0.1, -0.05) is 0 Å². The fourth-order valence-corrected chi connectivity index (χ4v) is 3.68. The van der Waals surface area contributed by atoms with Crippen LogP contribution in [0.1, 0.15) is 30.1 Å². The van der Waals surface area contributed by atoms with Gasteiger partial charge in [0, 0.05) is 24.8 Å². The number of halogens is 1. The van der Waals surface area contributed by atoms with Crippen molar-refractivity contribution in [3.05, 3.63) is 82.5 Å². The van der Waals surface area contributed by atoms with Crippen LogP contribution < -0.4 is 10.9 Å². The van der Waals surface area contributed by atoms with E-state index in [0.717, 1.165) is 5.52 Å². The first-order valence-corrected chi connectivity index (χ1v) is 10.3. The summed E-state index contributed by atoms with van der Waals surface area (Å²) in [6, 6.07) is 14.2. The van der Waals surface area contributed by atoms with Crippen LogP contribution in [0.4, 0.5) is 10.1 Å². The average molecular weight is 435 g/mol. The van der Waals surface area contributed by atoms with Gasteiger partial charge in [0.2, 0.25) is 5.91 Å². The standard InChI is InChI=1S/C24H22FN3O4/c1-2-32-24(31)16-7-10-18(11-8-16)26-22(29)6-4-14-28-21-15-17(25)9-12-19(21)27-13-3-5-20(27)23(28)30/h3,5,7-13,15H,2,4,6,14H2,1H3,(H,26,29). The van der Waals surface area contributed by atoms with E-state index in [9.17, 15) is 18.8 Å². The van der Waals surface area contributed by atoms with Crippen molar-refractivity contribution in [2.24, 2.45) is 0 Å². The van der Waals surface area contributed by atoms with Crippen molar-refractivity contribution in [2.45, 2.75) is 26.3 Å². The highest BCUT2D eigenvalue weighted by molar-refractivity contribution is 5.93. The topological polar surface area (TPSA) is 81.8 Å². The molecule has 0 aliphatic heterocycles. The number of hydrogen-bond donors (Lipinski definition) is 1. The Morgan fingerprint density at radius 1 is 1.03 bits per heavy atom. The number of anilines is 1. The first-order valence-electron chi connectivity index (χ1n) is 10.3. The minimum atomic E-state index is -0.429. The number of rotatable bonds is 7. The minimum Gasteiger partial charge on any atom is -0.462 e. The molecule has 0 bridgehead atoms. The van der Waals surface area contributed by atoms with Crippen LogP contribution in [0.15, 0.2) is 65.6 Å². The first-order chi connectivity index (χ1) is 15.5. The number of hydrogen-bond acceptors (Lipinski definition) is 4. The Morgan fingerprint density at radius 2 is 1.81 bits per heavy atom. The zero-order chi connectivity index (χ0) is 22.7. The average Bonchev–Trinajstić information content (AvgIpc) is 3.27. The van der Waals surface area contributed by atoms with Crippen LogP contribution in [-0.4, -0.2) is 27.5 Å². The lowest BCUT2D eigenvalue weighted by atomic mass is 10.2. The molecule has 1 amide bonds. The second-order valence-corrected chi connectivity index (χ2v) is 7.30. The second-order valence-electron chi connectivity index (χ2n) is 7.30. The zero-order valence-electron chi connectivity index (χ0n) is 17.5. The second kappa shape index (κ2) is 9.05. The molecular formula is C24H22FN3O4. The van der Waals surface area contributed by atoms with Crippen LogP contribution in [0.3, 0.4) is 0 Å². The van der Waals surface area contributed by atoms with E-state index in [0.29, 0.717) is 35.3 Å². The maximum absolute atomic E-state index is 13.9. The summed E-state index contributed by atoms with van der Waals surface area (Å²) in [6.45, 7) is 2.30. The lowest BCUT2D eigenvalue weighted by Crippen LogP contribution is -2.23. The predicted octanol–water partition coefficient (Wildman–Crippen LogP) is 3.99. The first kappa shape index (κ1) is 21.3. The van der Waals surface area contributed by atoms with E-state index in [2.05, 4.69) is 5.32 Å². The number of benzene rings is 2. The molecule has 2 heterocycles. The Hall–Kier alpha value is -3.94. The van der Waals surface area contributed by atoms with Crippen molar-refractivity contribution in [1.82, 2.24) is 8.97 Å². The molecular weight excluding hydrogens is 413 g/mol. The summed E-state index contributed by atoms with van der Waals surface area (Å²) < 4.78 is 22.1. The fourth-order valence-electron chi connectivity index (χ4n) is 3.68. The number of nitrogens with zero attached hydrogens (tertiary/aromatic N) is 2. The van der Waals surface area contributed by atoms with Gasteiger partial charge in [-0.3, -0.25) is 9.59 Å². The maximum Gasteiger partial charge on any atom is 0.338 e. The van der Waals surface area contributed by atoms with Crippen LogP contribution in [0.25, 0.3) is 16.6 Å². The van der Waals surface area contributed by atoms with E-state index < -0.39 is 11.8 Å². The van der Waals surface area contributed by atoms with Gasteiger partial charge in [0.15, 0.2) is 0 Å². The van der Waals surface area contributed by atoms with Gasteiger partial charge in [-0.15, -0.1) is 0 Å². The number of aromatic nitrogens is 2. The molecule has 0 saturated heterocycles. The van der Waals surface area contributed by atoms with Gasteiger partial charge < -0.3 is 19.0 Å². The van der Waals surface area contributed by atoms with E-state index in [1.54, 1.807) is 60.0 Å². The van der Waals surface area contributed by atoms with Crippen molar-refractivity contribution in [1.29, 1.82) is 0 Å². The van der Waals surface area contributed by atoms with Crippen LogP contribution >= 0.6 is 0 Å². The van der Waals surface area contributed by atoms with E-state index >= 15 is 0 Å². The summed E-state index contributed by atoms with van der Waals surface area (Å²) in [7, 11) is 0. The third kappa shape index (κ3) is 4.25. The normalized spacial score (nSPS) is 11.1. The summed E-state index contributed by atoms with van der Waals surface area (Å²) in [6.07, 6.45) is 2.34. The molecule has 0 radical (unpaired) electrons. The molecule has 7 nitrogen and oxygen atoms in total. The number of carbonyl (C=O) groups excluding carboxylic acids is 2. The molecule has 0 aliphatic carbocycles. The summed E-state index contributed by atoms with van der Waals surface area (Å²) in [5.41, 5.74) is 2.43. The molecule has 2 aromatic heterocycles. The van der Waals surface area contributed by atoms with Crippen LogP contribution in [-0.2, 0) is 16.1 Å². The number of esters is 1. The maximum atomic E-state index is 13.9. The lowest BCUT2D eigenvalue weighted by molar-refractivity contribution is -0.116. The molecule has 0 spiro atoms. The Morgan fingerprint density at radius 3 is 2.56 bits per heavy atom. The van der Waals surface area contributed by atoms with Gasteiger partial charge in [-0.05, 0) is 67.9 Å². The van der Waals surface area contributed by atoms with Gasteiger partial charge in [0.1, 0.15) is 11.3 Å². The summed E-state index contributed by atoms with van der Waals surface area (Å²) >= 11 is 0. The van der Waals surface area contributed by atoms with Gasteiger partial charge in [0.05, 0.1) is 23.2 Å². The molecule has 1 N–H and O–H groups in total. The zero-order valence-corrected chi connectivity index (χ0v) is 17.5. The quantitative estimate of drug-likeness (QED) is 0.445. The summed E-state index contributed by atoms with van der Waals surface area (Å²) in [4.78, 5) is 36.9. The fraction of sp³-hybridized carbons (Fsp3) is 0.208. The Bertz CT molecular complexity index is 1360. The highest BCUT2D eigenvalue weighted by Gasteiger charge is 2.12. The molecule has 4 aromatic rings. The molecule has 0 saturated carbocycles. The summed E-state index contributed by atoms with van der Waals surface area (Å²) in [5, 5.41) is 2.77. The monoisotopic (exact) mass is 435 g/mol. The predicted molar refractivity (Wildman–Crippen MR) is 119 cm³/mol. The third-order valence-electron chi connectivity index (χ3n) is 5.17. The van der Waals surface area contributed by atoms with E-state index in [1.165, 1.54) is 16.7 Å². The van der Waals surface area contributed by atoms with Crippen molar-refractivity contribution < 1.29 is 18.7 Å². The Labute approximate surface area is 183 Å². The molecule has 32 heavy (non-hydrogen) atoms. The summed E-state index contributed by atoms with van der Waals surface area (Å²) in [5.74, 6) is -1.07. The van der Waals surface area contributed by atoms with Crippen LogP contribution in [0.5, 0.6) is 0 Å². The van der Waals surface area contributed by atoms with Gasteiger partial charge in [0.25, 0.3) is 5.56 Å². The molecule has 164 valence electrons. The largest absolute Gasteiger partial charge is 0.462 e. The molecule has 2 aromatic carbocycles. The van der Waals surface area contributed by atoms with E-state index in [4.69, 9.17) is 4.74 Å². The minimum absolute atomic E-state index is 0.176. The number of fused-ring (bicyclic) bond motifs is 3. The lowest BCUT2D eigenvalue weighted by Gasteiger charge is -2.13. The Balaban J connectivity index is 1.44. The highest BCUT2D eigenvalue weighted by Crippen LogP contribution is 2.18. The van der Waals surface area contributed by atoms with Crippen LogP contribution in [0.2, 0.25) is 0 Å². The van der Waals surface area contributed by atoms with Crippen molar-refractivity contribution >= 4 is 34.1 Å². The third-order valence-corrected chi connectivity index (χ3v) is 5.17. The van der Waals surface area contributed by atoms with Gasteiger partial charge >= 0.3 is 5.97 Å². The van der Waals surface area contributed by atoms with Crippen molar-refractivity contribution in [3.63, 3.8) is 0 Å². The van der Waals surface area contributed by atoms with Crippen LogP contribution in [0, 0.1) is 5.82 Å². The smallest absolute Gasteiger partial charge is 0.338 e. The number of aryl methyl sites for hydroxylation is 1. The molecule has 0 fully saturated rings. The Kier molecular flexibility index (Phi) is 6.02. The highest BCUT2D eigenvalue weighted by atomic mass is 19.1. The molecule has 0 aliphatic rings. The van der Waals surface area contributed by atoms with Crippen molar-refractivity contribution in [2.75, 3.05) is 11.9 Å². The number of carbonyl (C=O) groups is 2. The SMILES string of the molecule is CCOC(=O)c1ccc(NC(=O)CCCn2c(=O)c3cccn3c3ccc(F)cc32)cc1. The number of nitrogens with one attached hydrogen (secondary N) is 1. The van der Waals surface area contributed by atoms with Gasteiger partial charge in [-0.2, -0.15) is 0 Å². The van der Waals surface area contributed by atoms with Crippen molar-refractivity contribution in [3.8, 4) is 0 Å². The number of ether oxygens (including phenoxy) is 1. The molecule has 0 unspecified atom stereocenters. The molecule has 0 atom stereocenters. The van der Waals surface area contributed by atoms with E-state index in [-0.39, 0.29) is 24.4 Å². The van der Waals surface area contributed by atoms with Gasteiger partial charge in [-0.25, -0.2) is 9.18 Å².